The fraction of sp³-hybridized carbons (Fsp3) is 0.560. The van der Waals surface area contributed by atoms with E-state index in [1.807, 2.05) is 36.4 Å². The van der Waals surface area contributed by atoms with Crippen molar-refractivity contribution in [3.05, 3.63) is 48.0 Å². The van der Waals surface area contributed by atoms with Crippen LogP contribution in [0.2, 0.25) is 0 Å². The molecule has 2 aliphatic rings. The second kappa shape index (κ2) is 8.63. The van der Waals surface area contributed by atoms with Crippen molar-refractivity contribution >= 4 is 16.7 Å². The maximum absolute atomic E-state index is 15.2. The summed E-state index contributed by atoms with van der Waals surface area (Å²) >= 11 is 0. The standard InChI is InChI=1S/C25H31FO2/c1-2-3-6-17-9-13-22-20(15-17)12-14-23(24(22)26)28-25(27)21-11-10-18-7-4-5-8-19(18)16-21/h4-5,7-8,10-11,16-17,20,22-24H,2-3,6,9,12-15H2,1H3. The van der Waals surface area contributed by atoms with E-state index in [0.29, 0.717) is 17.9 Å². The van der Waals surface area contributed by atoms with E-state index in [0.717, 1.165) is 42.4 Å². The van der Waals surface area contributed by atoms with Crippen LogP contribution in [0.15, 0.2) is 42.5 Å². The van der Waals surface area contributed by atoms with Crippen molar-refractivity contribution < 1.29 is 13.9 Å². The predicted octanol–water partition coefficient (Wildman–Crippen LogP) is 6.72. The van der Waals surface area contributed by atoms with Crippen molar-refractivity contribution in [1.82, 2.24) is 0 Å². The molecule has 0 aromatic heterocycles. The Hall–Kier alpha value is -1.90. The predicted molar refractivity (Wildman–Crippen MR) is 111 cm³/mol. The first-order valence-electron chi connectivity index (χ1n) is 11.0. The Balaban J connectivity index is 1.38. The fourth-order valence-corrected chi connectivity index (χ4v) is 5.35. The summed E-state index contributed by atoms with van der Waals surface area (Å²) in [7, 11) is 0. The van der Waals surface area contributed by atoms with Crippen LogP contribution in [-0.2, 0) is 4.74 Å². The molecule has 0 heterocycles. The number of esters is 1. The van der Waals surface area contributed by atoms with Crippen molar-refractivity contribution in [3.63, 3.8) is 0 Å². The largest absolute Gasteiger partial charge is 0.456 e. The number of benzene rings is 2. The van der Waals surface area contributed by atoms with Crippen LogP contribution in [0.3, 0.4) is 0 Å². The number of ether oxygens (including phenoxy) is 1. The second-order valence-corrected chi connectivity index (χ2v) is 8.77. The van der Waals surface area contributed by atoms with E-state index < -0.39 is 18.2 Å². The van der Waals surface area contributed by atoms with Crippen LogP contribution in [0.5, 0.6) is 0 Å². The van der Waals surface area contributed by atoms with Crippen molar-refractivity contribution in [3.8, 4) is 0 Å². The molecule has 0 radical (unpaired) electrons. The zero-order valence-corrected chi connectivity index (χ0v) is 16.8. The summed E-state index contributed by atoms with van der Waals surface area (Å²) in [6.45, 7) is 2.23. The number of fused-ring (bicyclic) bond motifs is 2. The lowest BCUT2D eigenvalue weighted by Gasteiger charge is -2.44. The summed E-state index contributed by atoms with van der Waals surface area (Å²) in [5.41, 5.74) is 0.510. The van der Waals surface area contributed by atoms with Gasteiger partial charge in [-0.15, -0.1) is 0 Å². The molecular weight excluding hydrogens is 351 g/mol. The third kappa shape index (κ3) is 4.09. The fourth-order valence-electron chi connectivity index (χ4n) is 5.35. The SMILES string of the molecule is CCCCC1CCC2C(CCC(OC(=O)c3ccc4ccccc4c3)C2F)C1. The molecule has 0 aliphatic heterocycles. The van der Waals surface area contributed by atoms with E-state index in [9.17, 15) is 4.79 Å². The number of alkyl halides is 1. The van der Waals surface area contributed by atoms with Gasteiger partial charge in [0.1, 0.15) is 12.3 Å². The van der Waals surface area contributed by atoms with E-state index in [1.54, 1.807) is 6.07 Å². The van der Waals surface area contributed by atoms with Gasteiger partial charge in [0.25, 0.3) is 0 Å². The van der Waals surface area contributed by atoms with Gasteiger partial charge in [-0.25, -0.2) is 9.18 Å². The Kier molecular flexibility index (Phi) is 5.99. The summed E-state index contributed by atoms with van der Waals surface area (Å²) in [5, 5.41) is 2.09. The van der Waals surface area contributed by atoms with Crippen LogP contribution in [-0.4, -0.2) is 18.2 Å². The summed E-state index contributed by atoms with van der Waals surface area (Å²) in [6.07, 6.45) is 7.09. The maximum atomic E-state index is 15.2. The molecule has 0 saturated heterocycles. The average molecular weight is 383 g/mol. The van der Waals surface area contributed by atoms with E-state index in [-0.39, 0.29) is 5.92 Å². The summed E-state index contributed by atoms with van der Waals surface area (Å²) < 4.78 is 20.9. The normalized spacial score (nSPS) is 30.0. The molecule has 150 valence electrons. The topological polar surface area (TPSA) is 26.3 Å². The van der Waals surface area contributed by atoms with Gasteiger partial charge in [-0.1, -0.05) is 62.9 Å². The summed E-state index contributed by atoms with van der Waals surface area (Å²) in [4.78, 5) is 12.6. The van der Waals surface area contributed by atoms with Gasteiger partial charge < -0.3 is 4.74 Å². The molecule has 0 spiro atoms. The number of carbonyl (C=O) groups is 1. The lowest BCUT2D eigenvalue weighted by atomic mass is 9.65. The Morgan fingerprint density at radius 3 is 2.71 bits per heavy atom. The molecular formula is C25H31FO2. The number of carbonyl (C=O) groups excluding carboxylic acids is 1. The number of hydrogen-bond donors (Lipinski definition) is 0. The average Bonchev–Trinajstić information content (AvgIpc) is 2.73. The number of halogens is 1. The lowest BCUT2D eigenvalue weighted by molar-refractivity contribution is -0.0587. The first-order valence-corrected chi connectivity index (χ1v) is 11.0. The minimum atomic E-state index is -1.02. The van der Waals surface area contributed by atoms with Crippen LogP contribution in [0, 0.1) is 17.8 Å². The third-order valence-corrected chi connectivity index (χ3v) is 6.95. The molecule has 2 aliphatic carbocycles. The first kappa shape index (κ1) is 19.4. The summed E-state index contributed by atoms with van der Waals surface area (Å²) in [5.74, 6) is 0.917. The van der Waals surface area contributed by atoms with Gasteiger partial charge in [-0.2, -0.15) is 0 Å². The van der Waals surface area contributed by atoms with Gasteiger partial charge in [-0.3, -0.25) is 0 Å². The second-order valence-electron chi connectivity index (χ2n) is 8.77. The Morgan fingerprint density at radius 1 is 1.07 bits per heavy atom. The molecule has 2 aromatic carbocycles. The highest BCUT2D eigenvalue weighted by molar-refractivity contribution is 5.95. The molecule has 4 rings (SSSR count). The Labute approximate surface area is 167 Å². The zero-order chi connectivity index (χ0) is 19.5. The molecule has 2 aromatic rings. The molecule has 2 fully saturated rings. The minimum absolute atomic E-state index is 0.0704. The molecule has 0 bridgehead atoms. The van der Waals surface area contributed by atoms with Gasteiger partial charge in [0.2, 0.25) is 0 Å². The van der Waals surface area contributed by atoms with Gasteiger partial charge in [0.15, 0.2) is 0 Å². The molecule has 0 amide bonds. The monoisotopic (exact) mass is 382 g/mol. The molecule has 3 heteroatoms. The van der Waals surface area contributed by atoms with Gasteiger partial charge in [0.05, 0.1) is 5.56 Å². The van der Waals surface area contributed by atoms with Crippen LogP contribution in [0.25, 0.3) is 10.8 Å². The highest BCUT2D eigenvalue weighted by Crippen LogP contribution is 2.46. The number of hydrogen-bond acceptors (Lipinski definition) is 2. The molecule has 5 unspecified atom stereocenters. The van der Waals surface area contributed by atoms with Crippen molar-refractivity contribution in [2.75, 3.05) is 0 Å². The lowest BCUT2D eigenvalue weighted by Crippen LogP contribution is -2.44. The Bertz CT molecular complexity index is 817. The molecule has 0 N–H and O–H groups in total. The zero-order valence-electron chi connectivity index (χ0n) is 16.8. The van der Waals surface area contributed by atoms with E-state index >= 15 is 4.39 Å². The molecule has 2 saturated carbocycles. The van der Waals surface area contributed by atoms with E-state index in [1.165, 1.54) is 19.3 Å². The quantitative estimate of drug-likeness (QED) is 0.537. The molecule has 2 nitrogen and oxygen atoms in total. The summed E-state index contributed by atoms with van der Waals surface area (Å²) in [6, 6.07) is 13.5. The van der Waals surface area contributed by atoms with Crippen LogP contribution < -0.4 is 0 Å². The molecule has 28 heavy (non-hydrogen) atoms. The van der Waals surface area contributed by atoms with Crippen LogP contribution >= 0.6 is 0 Å². The highest BCUT2D eigenvalue weighted by Gasteiger charge is 2.44. The maximum Gasteiger partial charge on any atom is 0.338 e. The highest BCUT2D eigenvalue weighted by atomic mass is 19.1. The smallest absolute Gasteiger partial charge is 0.338 e. The van der Waals surface area contributed by atoms with Crippen molar-refractivity contribution in [1.29, 1.82) is 0 Å². The van der Waals surface area contributed by atoms with Gasteiger partial charge >= 0.3 is 5.97 Å². The van der Waals surface area contributed by atoms with Crippen LogP contribution in [0.4, 0.5) is 4.39 Å². The third-order valence-electron chi connectivity index (χ3n) is 6.95. The van der Waals surface area contributed by atoms with Crippen molar-refractivity contribution in [2.45, 2.75) is 70.6 Å². The molecule has 5 atom stereocenters. The van der Waals surface area contributed by atoms with E-state index in [4.69, 9.17) is 4.74 Å². The van der Waals surface area contributed by atoms with Gasteiger partial charge in [-0.05, 0) is 66.3 Å². The van der Waals surface area contributed by atoms with Gasteiger partial charge in [0, 0.05) is 0 Å². The van der Waals surface area contributed by atoms with E-state index in [2.05, 4.69) is 6.92 Å². The van der Waals surface area contributed by atoms with Crippen molar-refractivity contribution in [2.24, 2.45) is 17.8 Å². The first-order chi connectivity index (χ1) is 13.7. The Morgan fingerprint density at radius 2 is 1.89 bits per heavy atom. The number of rotatable bonds is 5. The van der Waals surface area contributed by atoms with Crippen LogP contribution in [0.1, 0.15) is 68.6 Å². The minimum Gasteiger partial charge on any atom is -0.456 e. The number of unbranched alkanes of at least 4 members (excludes halogenated alkanes) is 1.